The van der Waals surface area contributed by atoms with E-state index in [1.165, 1.54) is 0 Å². The van der Waals surface area contributed by atoms with Crippen molar-refractivity contribution in [2.75, 3.05) is 6.61 Å². The maximum atomic E-state index is 12.2. The van der Waals surface area contributed by atoms with E-state index in [1.54, 1.807) is 0 Å². The van der Waals surface area contributed by atoms with Crippen molar-refractivity contribution in [3.8, 4) is 0 Å². The molecule has 2 aliphatic rings. The van der Waals surface area contributed by atoms with Crippen LogP contribution in [0, 0.1) is 11.8 Å². The second-order valence-electron chi connectivity index (χ2n) is 5.61. The number of ether oxygens (including phenoxy) is 1. The highest BCUT2D eigenvalue weighted by Crippen LogP contribution is 2.27. The van der Waals surface area contributed by atoms with Crippen molar-refractivity contribution in [1.29, 1.82) is 0 Å². The van der Waals surface area contributed by atoms with Crippen LogP contribution in [0.3, 0.4) is 0 Å². The third-order valence-electron chi connectivity index (χ3n) is 4.37. The molecule has 108 valence electrons. The van der Waals surface area contributed by atoms with Gasteiger partial charge >= 0.3 is 5.97 Å². The first-order chi connectivity index (χ1) is 9.11. The average Bonchev–Trinajstić information content (AvgIpc) is 2.87. The number of rotatable bonds is 4. The lowest BCUT2D eigenvalue weighted by Gasteiger charge is -2.28. The number of carboxylic acids is 1. The number of carboxylic acid groups (broad SMARTS) is 1. The molecule has 2 rings (SSSR count). The summed E-state index contributed by atoms with van der Waals surface area (Å²) in [6, 6.07) is 0.140. The number of carbonyl (C=O) groups excluding carboxylic acids is 1. The zero-order valence-electron chi connectivity index (χ0n) is 11.4. The quantitative estimate of drug-likeness (QED) is 0.812. The highest BCUT2D eigenvalue weighted by Gasteiger charge is 2.34. The van der Waals surface area contributed by atoms with E-state index in [0.717, 1.165) is 25.7 Å². The molecule has 0 bridgehead atoms. The summed E-state index contributed by atoms with van der Waals surface area (Å²) in [5.41, 5.74) is 0. The first kappa shape index (κ1) is 14.3. The zero-order chi connectivity index (χ0) is 13.8. The molecule has 2 unspecified atom stereocenters. The van der Waals surface area contributed by atoms with Crippen molar-refractivity contribution in [2.24, 2.45) is 11.8 Å². The number of aliphatic carboxylic acids is 1. The molecule has 5 heteroatoms. The smallest absolute Gasteiger partial charge is 0.306 e. The fourth-order valence-corrected chi connectivity index (χ4v) is 3.14. The predicted octanol–water partition coefficient (Wildman–Crippen LogP) is 1.56. The second-order valence-corrected chi connectivity index (χ2v) is 5.61. The Bertz CT molecular complexity index is 336. The zero-order valence-corrected chi connectivity index (χ0v) is 11.4. The van der Waals surface area contributed by atoms with Gasteiger partial charge in [-0.1, -0.05) is 6.92 Å². The van der Waals surface area contributed by atoms with E-state index in [-0.39, 0.29) is 29.9 Å². The lowest BCUT2D eigenvalue weighted by Crippen LogP contribution is -2.43. The number of hydrogen-bond acceptors (Lipinski definition) is 3. The molecule has 0 aromatic rings. The summed E-state index contributed by atoms with van der Waals surface area (Å²) in [5, 5.41) is 12.0. The van der Waals surface area contributed by atoms with Crippen LogP contribution in [-0.2, 0) is 14.3 Å². The molecule has 1 aliphatic carbocycles. The normalized spacial score (nSPS) is 35.0. The van der Waals surface area contributed by atoms with Gasteiger partial charge in [0.1, 0.15) is 0 Å². The SMILES string of the molecule is CCC1OCCC1C(=O)NC1CCC(C(=O)O)CC1. The van der Waals surface area contributed by atoms with Crippen LogP contribution in [0.25, 0.3) is 0 Å². The van der Waals surface area contributed by atoms with Crippen LogP contribution in [0.5, 0.6) is 0 Å². The second kappa shape index (κ2) is 6.37. The van der Waals surface area contributed by atoms with Crippen LogP contribution in [-0.4, -0.2) is 35.7 Å². The molecule has 1 heterocycles. The summed E-state index contributed by atoms with van der Waals surface area (Å²) in [5.74, 6) is -0.878. The monoisotopic (exact) mass is 269 g/mol. The Hall–Kier alpha value is -1.10. The molecule has 1 saturated heterocycles. The first-order valence-electron chi connectivity index (χ1n) is 7.26. The Morgan fingerprint density at radius 2 is 1.89 bits per heavy atom. The summed E-state index contributed by atoms with van der Waals surface area (Å²) >= 11 is 0. The maximum absolute atomic E-state index is 12.2. The van der Waals surface area contributed by atoms with E-state index in [9.17, 15) is 9.59 Å². The van der Waals surface area contributed by atoms with Crippen LogP contribution in [0.4, 0.5) is 0 Å². The lowest BCUT2D eigenvalue weighted by molar-refractivity contribution is -0.142. The van der Waals surface area contributed by atoms with Gasteiger partial charge in [-0.2, -0.15) is 0 Å². The van der Waals surface area contributed by atoms with Crippen molar-refractivity contribution in [2.45, 2.75) is 57.6 Å². The van der Waals surface area contributed by atoms with E-state index in [4.69, 9.17) is 9.84 Å². The molecular weight excluding hydrogens is 246 g/mol. The molecule has 2 fully saturated rings. The molecule has 0 spiro atoms. The van der Waals surface area contributed by atoms with Crippen molar-refractivity contribution in [3.63, 3.8) is 0 Å². The standard InChI is InChI=1S/C14H23NO4/c1-2-12-11(7-8-19-12)13(16)15-10-5-3-9(4-6-10)14(17)18/h9-12H,2-8H2,1H3,(H,15,16)(H,17,18). The minimum atomic E-state index is -0.708. The van der Waals surface area contributed by atoms with E-state index in [0.29, 0.717) is 19.4 Å². The van der Waals surface area contributed by atoms with Gasteiger partial charge in [-0.05, 0) is 38.5 Å². The number of nitrogens with one attached hydrogen (secondary N) is 1. The van der Waals surface area contributed by atoms with Crippen LogP contribution in [0.1, 0.15) is 45.4 Å². The molecule has 5 nitrogen and oxygen atoms in total. The Kier molecular flexibility index (Phi) is 4.80. The van der Waals surface area contributed by atoms with E-state index in [2.05, 4.69) is 5.32 Å². The largest absolute Gasteiger partial charge is 0.481 e. The van der Waals surface area contributed by atoms with Gasteiger partial charge in [0.2, 0.25) is 5.91 Å². The summed E-state index contributed by atoms with van der Waals surface area (Å²) in [6.45, 7) is 2.71. The van der Waals surface area contributed by atoms with Crippen molar-refractivity contribution >= 4 is 11.9 Å². The highest BCUT2D eigenvalue weighted by molar-refractivity contribution is 5.80. The van der Waals surface area contributed by atoms with Crippen molar-refractivity contribution in [3.05, 3.63) is 0 Å². The van der Waals surface area contributed by atoms with Gasteiger partial charge in [0, 0.05) is 12.6 Å². The van der Waals surface area contributed by atoms with Crippen molar-refractivity contribution < 1.29 is 19.4 Å². The minimum Gasteiger partial charge on any atom is -0.481 e. The summed E-state index contributed by atoms with van der Waals surface area (Å²) in [6.07, 6.45) is 4.59. The first-order valence-corrected chi connectivity index (χ1v) is 7.26. The third kappa shape index (κ3) is 3.47. The van der Waals surface area contributed by atoms with Crippen LogP contribution < -0.4 is 5.32 Å². The number of carbonyl (C=O) groups is 2. The van der Waals surface area contributed by atoms with Gasteiger partial charge in [-0.15, -0.1) is 0 Å². The predicted molar refractivity (Wildman–Crippen MR) is 69.7 cm³/mol. The summed E-state index contributed by atoms with van der Waals surface area (Å²) in [7, 11) is 0. The minimum absolute atomic E-state index is 0.0257. The molecule has 0 aromatic heterocycles. The molecule has 0 aromatic carbocycles. The van der Waals surface area contributed by atoms with Crippen LogP contribution >= 0.6 is 0 Å². The van der Waals surface area contributed by atoms with Crippen molar-refractivity contribution in [1.82, 2.24) is 5.32 Å². The van der Waals surface area contributed by atoms with Gasteiger partial charge in [0.05, 0.1) is 17.9 Å². The highest BCUT2D eigenvalue weighted by atomic mass is 16.5. The molecule has 1 aliphatic heterocycles. The third-order valence-corrected chi connectivity index (χ3v) is 4.37. The fourth-order valence-electron chi connectivity index (χ4n) is 3.14. The fraction of sp³-hybridized carbons (Fsp3) is 0.857. The molecular formula is C14H23NO4. The number of amides is 1. The van der Waals surface area contributed by atoms with Gasteiger partial charge in [-0.3, -0.25) is 9.59 Å². The molecule has 2 N–H and O–H groups in total. The molecule has 1 amide bonds. The lowest BCUT2D eigenvalue weighted by atomic mass is 9.85. The Morgan fingerprint density at radius 3 is 2.47 bits per heavy atom. The Balaban J connectivity index is 1.79. The van der Waals surface area contributed by atoms with Crippen LogP contribution in [0.15, 0.2) is 0 Å². The average molecular weight is 269 g/mol. The van der Waals surface area contributed by atoms with E-state index < -0.39 is 5.97 Å². The Morgan fingerprint density at radius 1 is 1.21 bits per heavy atom. The van der Waals surface area contributed by atoms with E-state index in [1.807, 2.05) is 6.92 Å². The maximum Gasteiger partial charge on any atom is 0.306 e. The van der Waals surface area contributed by atoms with Gasteiger partial charge in [-0.25, -0.2) is 0 Å². The molecule has 2 atom stereocenters. The van der Waals surface area contributed by atoms with E-state index >= 15 is 0 Å². The number of hydrogen-bond donors (Lipinski definition) is 2. The summed E-state index contributed by atoms with van der Waals surface area (Å²) in [4.78, 5) is 23.1. The Labute approximate surface area is 113 Å². The van der Waals surface area contributed by atoms with Gasteiger partial charge < -0.3 is 15.2 Å². The summed E-state index contributed by atoms with van der Waals surface area (Å²) < 4.78 is 5.53. The van der Waals surface area contributed by atoms with Gasteiger partial charge in [0.15, 0.2) is 0 Å². The molecule has 1 saturated carbocycles. The van der Waals surface area contributed by atoms with Crippen LogP contribution in [0.2, 0.25) is 0 Å². The topological polar surface area (TPSA) is 75.6 Å². The van der Waals surface area contributed by atoms with Gasteiger partial charge in [0.25, 0.3) is 0 Å². The molecule has 0 radical (unpaired) electrons. The molecule has 19 heavy (non-hydrogen) atoms.